The second-order valence-corrected chi connectivity index (χ2v) is 4.38. The molecular formula is C13H15ClO5. The van der Waals surface area contributed by atoms with Crippen molar-refractivity contribution < 1.29 is 24.1 Å². The lowest BCUT2D eigenvalue weighted by Gasteiger charge is -2.16. The average molecular weight is 287 g/mol. The fourth-order valence-corrected chi connectivity index (χ4v) is 2.40. The summed E-state index contributed by atoms with van der Waals surface area (Å²) in [6, 6.07) is 1.58. The van der Waals surface area contributed by atoms with Gasteiger partial charge in [-0.25, -0.2) is 4.79 Å². The number of esters is 1. The molecule has 1 N–H and O–H groups in total. The lowest BCUT2D eigenvalue weighted by Crippen LogP contribution is -2.17. The molecule has 0 aliphatic carbocycles. The molecule has 2 rings (SSSR count). The molecule has 1 aliphatic heterocycles. The molecule has 0 saturated heterocycles. The maximum atomic E-state index is 11.6. The second-order valence-electron chi connectivity index (χ2n) is 4.00. The van der Waals surface area contributed by atoms with Crippen LogP contribution in [0.5, 0.6) is 11.5 Å². The molecule has 0 amide bonds. The predicted octanol–water partition coefficient (Wildman–Crippen LogP) is 2.23. The number of ether oxygens (including phenoxy) is 3. The highest BCUT2D eigenvalue weighted by Gasteiger charge is 2.28. The first kappa shape index (κ1) is 14.0. The highest BCUT2D eigenvalue weighted by Crippen LogP contribution is 2.44. The Labute approximate surface area is 116 Å². The summed E-state index contributed by atoms with van der Waals surface area (Å²) >= 11 is 6.22. The van der Waals surface area contributed by atoms with E-state index in [1.54, 1.807) is 13.0 Å². The SMILES string of the molecule is CCOC(=O)C(O)c1cc2c(c(Cl)c1CC)OCO2. The molecule has 1 unspecified atom stereocenters. The number of fused-ring (bicyclic) bond motifs is 1. The van der Waals surface area contributed by atoms with Gasteiger partial charge < -0.3 is 19.3 Å². The third kappa shape index (κ3) is 2.48. The highest BCUT2D eigenvalue weighted by molar-refractivity contribution is 6.33. The molecule has 1 aliphatic rings. The zero-order valence-corrected chi connectivity index (χ0v) is 11.5. The molecule has 1 aromatic rings. The molecular weight excluding hydrogens is 272 g/mol. The van der Waals surface area contributed by atoms with Crippen LogP contribution in [0, 0.1) is 0 Å². The van der Waals surface area contributed by atoms with Gasteiger partial charge in [-0.3, -0.25) is 0 Å². The van der Waals surface area contributed by atoms with Crippen molar-refractivity contribution in [3.63, 3.8) is 0 Å². The molecule has 6 heteroatoms. The quantitative estimate of drug-likeness (QED) is 0.860. The predicted molar refractivity (Wildman–Crippen MR) is 68.5 cm³/mol. The van der Waals surface area contributed by atoms with Crippen LogP contribution >= 0.6 is 11.6 Å². The van der Waals surface area contributed by atoms with E-state index in [2.05, 4.69) is 0 Å². The van der Waals surface area contributed by atoms with Gasteiger partial charge in [-0.15, -0.1) is 0 Å². The van der Waals surface area contributed by atoms with Gasteiger partial charge in [0.15, 0.2) is 17.6 Å². The Morgan fingerprint density at radius 1 is 1.53 bits per heavy atom. The Kier molecular flexibility index (Phi) is 4.17. The minimum atomic E-state index is -1.37. The summed E-state index contributed by atoms with van der Waals surface area (Å²) in [7, 11) is 0. The minimum Gasteiger partial charge on any atom is -0.464 e. The molecule has 0 fully saturated rings. The zero-order valence-electron chi connectivity index (χ0n) is 10.7. The van der Waals surface area contributed by atoms with E-state index in [-0.39, 0.29) is 13.4 Å². The van der Waals surface area contributed by atoms with Crippen molar-refractivity contribution in [3.8, 4) is 11.5 Å². The topological polar surface area (TPSA) is 65.0 Å². The van der Waals surface area contributed by atoms with Gasteiger partial charge in [-0.2, -0.15) is 0 Å². The summed E-state index contributed by atoms with van der Waals surface area (Å²) < 4.78 is 15.3. The number of carbonyl (C=O) groups is 1. The largest absolute Gasteiger partial charge is 0.464 e. The number of halogens is 1. The Balaban J connectivity index is 2.45. The van der Waals surface area contributed by atoms with Crippen LogP contribution in [0.25, 0.3) is 0 Å². The van der Waals surface area contributed by atoms with Crippen LogP contribution in [0.1, 0.15) is 31.1 Å². The highest BCUT2D eigenvalue weighted by atomic mass is 35.5. The van der Waals surface area contributed by atoms with Crippen molar-refractivity contribution in [1.29, 1.82) is 0 Å². The normalized spacial score (nSPS) is 14.3. The maximum Gasteiger partial charge on any atom is 0.339 e. The van der Waals surface area contributed by atoms with Crippen molar-refractivity contribution in [2.45, 2.75) is 26.4 Å². The van der Waals surface area contributed by atoms with E-state index in [1.165, 1.54) is 0 Å². The first-order chi connectivity index (χ1) is 9.10. The van der Waals surface area contributed by atoms with Gasteiger partial charge in [0.25, 0.3) is 0 Å². The average Bonchev–Trinajstić information content (AvgIpc) is 2.86. The van der Waals surface area contributed by atoms with E-state index < -0.39 is 12.1 Å². The van der Waals surface area contributed by atoms with Crippen LogP contribution in [0.4, 0.5) is 0 Å². The lowest BCUT2D eigenvalue weighted by atomic mass is 9.99. The molecule has 0 saturated carbocycles. The number of aliphatic hydroxyl groups excluding tert-OH is 1. The van der Waals surface area contributed by atoms with Crippen LogP contribution < -0.4 is 9.47 Å². The van der Waals surface area contributed by atoms with Gasteiger partial charge >= 0.3 is 5.97 Å². The van der Waals surface area contributed by atoms with Gasteiger partial charge in [0.1, 0.15) is 0 Å². The summed E-state index contributed by atoms with van der Waals surface area (Å²) in [6.07, 6.45) is -0.816. The molecule has 1 aromatic carbocycles. The smallest absolute Gasteiger partial charge is 0.339 e. The zero-order chi connectivity index (χ0) is 14.0. The number of carbonyl (C=O) groups excluding carboxylic acids is 1. The van der Waals surface area contributed by atoms with E-state index in [9.17, 15) is 9.90 Å². The van der Waals surface area contributed by atoms with E-state index in [0.29, 0.717) is 34.1 Å². The molecule has 0 radical (unpaired) electrons. The molecule has 0 bridgehead atoms. The Bertz CT molecular complexity index is 500. The molecule has 19 heavy (non-hydrogen) atoms. The lowest BCUT2D eigenvalue weighted by molar-refractivity contribution is -0.153. The van der Waals surface area contributed by atoms with Crippen LogP contribution in [0.15, 0.2) is 6.07 Å². The van der Waals surface area contributed by atoms with Crippen LogP contribution in [-0.2, 0) is 16.0 Å². The van der Waals surface area contributed by atoms with Crippen molar-refractivity contribution in [2.75, 3.05) is 13.4 Å². The summed E-state index contributed by atoms with van der Waals surface area (Å²) in [5.41, 5.74) is 1.06. The van der Waals surface area contributed by atoms with Gasteiger partial charge in [0, 0.05) is 5.56 Å². The van der Waals surface area contributed by atoms with E-state index in [0.717, 1.165) is 0 Å². The molecule has 1 heterocycles. The van der Waals surface area contributed by atoms with E-state index in [4.69, 9.17) is 25.8 Å². The number of hydrogen-bond donors (Lipinski definition) is 1. The summed E-state index contributed by atoms with van der Waals surface area (Å²) in [5.74, 6) is 0.186. The third-order valence-corrected chi connectivity index (χ3v) is 3.30. The number of hydrogen-bond acceptors (Lipinski definition) is 5. The van der Waals surface area contributed by atoms with Crippen molar-refractivity contribution in [1.82, 2.24) is 0 Å². The van der Waals surface area contributed by atoms with E-state index >= 15 is 0 Å². The Morgan fingerprint density at radius 3 is 2.89 bits per heavy atom. The summed E-state index contributed by atoms with van der Waals surface area (Å²) in [4.78, 5) is 11.6. The monoisotopic (exact) mass is 286 g/mol. The fourth-order valence-electron chi connectivity index (χ4n) is 2.01. The second kappa shape index (κ2) is 5.67. The number of rotatable bonds is 4. The van der Waals surface area contributed by atoms with Crippen molar-refractivity contribution >= 4 is 17.6 Å². The molecule has 0 aromatic heterocycles. The number of benzene rings is 1. The van der Waals surface area contributed by atoms with Crippen molar-refractivity contribution in [3.05, 3.63) is 22.2 Å². The number of aliphatic hydroxyl groups is 1. The fraction of sp³-hybridized carbons (Fsp3) is 0.462. The summed E-state index contributed by atoms with van der Waals surface area (Å²) in [5, 5.41) is 10.4. The minimum absolute atomic E-state index is 0.0805. The summed E-state index contributed by atoms with van der Waals surface area (Å²) in [6.45, 7) is 3.84. The van der Waals surface area contributed by atoms with Crippen LogP contribution in [-0.4, -0.2) is 24.5 Å². The third-order valence-electron chi connectivity index (χ3n) is 2.90. The standard InChI is InChI=1S/C13H15ClO5/c1-3-7-8(11(15)13(16)17-4-2)5-9-12(10(7)14)19-6-18-9/h5,11,15H,3-4,6H2,1-2H3. The van der Waals surface area contributed by atoms with Crippen molar-refractivity contribution in [2.24, 2.45) is 0 Å². The van der Waals surface area contributed by atoms with E-state index in [1.807, 2.05) is 6.92 Å². The first-order valence-corrected chi connectivity index (χ1v) is 6.43. The van der Waals surface area contributed by atoms with Gasteiger partial charge in [-0.05, 0) is 25.0 Å². The molecule has 104 valence electrons. The van der Waals surface area contributed by atoms with Gasteiger partial charge in [0.05, 0.1) is 11.6 Å². The first-order valence-electron chi connectivity index (χ1n) is 6.05. The van der Waals surface area contributed by atoms with Crippen LogP contribution in [0.2, 0.25) is 5.02 Å². The van der Waals surface area contributed by atoms with Gasteiger partial charge in [0.2, 0.25) is 6.79 Å². The maximum absolute atomic E-state index is 11.6. The van der Waals surface area contributed by atoms with Crippen LogP contribution in [0.3, 0.4) is 0 Å². The Hall–Kier alpha value is -1.46. The van der Waals surface area contributed by atoms with Gasteiger partial charge in [-0.1, -0.05) is 18.5 Å². The molecule has 5 nitrogen and oxygen atoms in total. The Morgan fingerprint density at radius 2 is 2.26 bits per heavy atom. The molecule has 1 atom stereocenters. The molecule has 0 spiro atoms.